The van der Waals surface area contributed by atoms with Crippen LogP contribution in [-0.2, 0) is 16.2 Å². The molecule has 1 fully saturated rings. The van der Waals surface area contributed by atoms with Crippen molar-refractivity contribution in [2.45, 2.75) is 12.5 Å². The molecule has 3 aromatic rings. The number of benzene rings is 2. The number of carbonyl (C=O) groups is 1. The minimum Gasteiger partial charge on any atom is -0.497 e. The Morgan fingerprint density at radius 2 is 1.85 bits per heavy atom. The molecule has 0 radical (unpaired) electrons. The van der Waals surface area contributed by atoms with E-state index in [1.807, 2.05) is 66.7 Å². The molecule has 4 rings (SSSR count). The van der Waals surface area contributed by atoms with Crippen LogP contribution < -0.4 is 4.74 Å². The number of hydrogen-bond donors (Lipinski definition) is 0. The first-order chi connectivity index (χ1) is 13.3. The Bertz CT molecular complexity index is 874. The highest BCUT2D eigenvalue weighted by Gasteiger charge is 2.45. The van der Waals surface area contributed by atoms with Gasteiger partial charge in [0, 0.05) is 0 Å². The van der Waals surface area contributed by atoms with Crippen LogP contribution in [0.5, 0.6) is 5.75 Å². The average molecular weight is 363 g/mol. The van der Waals surface area contributed by atoms with E-state index in [0.717, 1.165) is 22.6 Å². The van der Waals surface area contributed by atoms with Crippen LogP contribution in [0.2, 0.25) is 0 Å². The Balaban J connectivity index is 1.42. The average Bonchev–Trinajstić information content (AvgIpc) is 3.25. The third-order valence-corrected chi connectivity index (χ3v) is 4.88. The first kappa shape index (κ1) is 17.4. The van der Waals surface area contributed by atoms with Crippen LogP contribution in [0, 0.1) is 5.92 Å². The van der Waals surface area contributed by atoms with E-state index in [0.29, 0.717) is 13.2 Å². The number of hydrogen-bond acceptors (Lipinski definition) is 4. The van der Waals surface area contributed by atoms with Gasteiger partial charge in [0.1, 0.15) is 18.1 Å². The molecule has 0 spiro atoms. The lowest BCUT2D eigenvalue weighted by molar-refractivity contribution is -0.227. The number of methoxy groups -OCH3 is 1. The third-order valence-electron chi connectivity index (χ3n) is 4.88. The summed E-state index contributed by atoms with van der Waals surface area (Å²) in [5, 5.41) is 1.44. The molecule has 2 aromatic carbocycles. The fourth-order valence-corrected chi connectivity index (χ4v) is 3.38. The molecule has 0 bridgehead atoms. The van der Waals surface area contributed by atoms with E-state index in [-0.39, 0.29) is 17.7 Å². The summed E-state index contributed by atoms with van der Waals surface area (Å²) >= 11 is 0. The fourth-order valence-electron chi connectivity index (χ4n) is 3.38. The standard InChI is InChI=1S/C22H21NO4/c1-25-18-11-9-16(10-12-18)15-27-23-14-19(22(23)24)21(20-8-5-13-26-20)17-6-3-2-4-7-17/h2-13,19,21H,14-15H2,1H3. The molecule has 27 heavy (non-hydrogen) atoms. The summed E-state index contributed by atoms with van der Waals surface area (Å²) in [6.07, 6.45) is 1.65. The van der Waals surface area contributed by atoms with Crippen molar-refractivity contribution < 1.29 is 18.8 Å². The molecule has 1 amide bonds. The summed E-state index contributed by atoms with van der Waals surface area (Å²) in [6, 6.07) is 21.4. The Morgan fingerprint density at radius 1 is 1.07 bits per heavy atom. The molecule has 138 valence electrons. The highest BCUT2D eigenvalue weighted by atomic mass is 16.7. The molecule has 1 aliphatic rings. The van der Waals surface area contributed by atoms with E-state index in [2.05, 4.69) is 0 Å². The predicted octanol–water partition coefficient (Wildman–Crippen LogP) is 4.01. The molecule has 0 aliphatic carbocycles. The number of rotatable bonds is 7. The van der Waals surface area contributed by atoms with Gasteiger partial charge >= 0.3 is 0 Å². The van der Waals surface area contributed by atoms with Crippen molar-refractivity contribution in [1.82, 2.24) is 5.06 Å². The van der Waals surface area contributed by atoms with Crippen LogP contribution in [0.15, 0.2) is 77.4 Å². The highest BCUT2D eigenvalue weighted by Crippen LogP contribution is 2.38. The number of amides is 1. The summed E-state index contributed by atoms with van der Waals surface area (Å²) in [4.78, 5) is 18.4. The van der Waals surface area contributed by atoms with E-state index in [9.17, 15) is 4.79 Å². The molecule has 5 heteroatoms. The van der Waals surface area contributed by atoms with Crippen LogP contribution in [0.25, 0.3) is 0 Å². The molecule has 2 atom stereocenters. The number of β-lactam (4-membered cyclic amide) rings is 1. The maximum Gasteiger partial charge on any atom is 0.252 e. The number of nitrogens with zero attached hydrogens (tertiary/aromatic N) is 1. The van der Waals surface area contributed by atoms with Crippen molar-refractivity contribution in [3.05, 3.63) is 89.9 Å². The van der Waals surface area contributed by atoms with Gasteiger partial charge in [-0.1, -0.05) is 42.5 Å². The number of carbonyl (C=O) groups excluding carboxylic acids is 1. The predicted molar refractivity (Wildman–Crippen MR) is 100.0 cm³/mol. The molecule has 1 saturated heterocycles. The van der Waals surface area contributed by atoms with Gasteiger partial charge in [-0.15, -0.1) is 0 Å². The Morgan fingerprint density at radius 3 is 2.48 bits per heavy atom. The number of ether oxygens (including phenoxy) is 1. The van der Waals surface area contributed by atoms with Crippen LogP contribution in [0.4, 0.5) is 0 Å². The normalized spacial score (nSPS) is 17.4. The lowest BCUT2D eigenvalue weighted by Gasteiger charge is -2.40. The summed E-state index contributed by atoms with van der Waals surface area (Å²) in [5.41, 5.74) is 2.05. The topological polar surface area (TPSA) is 51.9 Å². The van der Waals surface area contributed by atoms with Gasteiger partial charge in [-0.25, -0.2) is 5.06 Å². The number of furan rings is 1. The van der Waals surface area contributed by atoms with Crippen LogP contribution in [0.3, 0.4) is 0 Å². The van der Waals surface area contributed by atoms with Gasteiger partial charge in [0.2, 0.25) is 0 Å². The van der Waals surface area contributed by atoms with Gasteiger partial charge < -0.3 is 9.15 Å². The fraction of sp³-hybridized carbons (Fsp3) is 0.227. The largest absolute Gasteiger partial charge is 0.497 e. The summed E-state index contributed by atoms with van der Waals surface area (Å²) in [5.74, 6) is 1.29. The molecule has 2 heterocycles. The maximum atomic E-state index is 12.7. The van der Waals surface area contributed by atoms with Gasteiger partial charge in [0.05, 0.1) is 31.8 Å². The van der Waals surface area contributed by atoms with Crippen LogP contribution >= 0.6 is 0 Å². The van der Waals surface area contributed by atoms with Crippen molar-refractivity contribution in [3.63, 3.8) is 0 Å². The zero-order chi connectivity index (χ0) is 18.6. The zero-order valence-corrected chi connectivity index (χ0v) is 15.1. The summed E-state index contributed by atoms with van der Waals surface area (Å²) in [6.45, 7) is 0.883. The van der Waals surface area contributed by atoms with Crippen LogP contribution in [0.1, 0.15) is 22.8 Å². The van der Waals surface area contributed by atoms with E-state index >= 15 is 0 Å². The molecular weight excluding hydrogens is 342 g/mol. The Hall–Kier alpha value is -3.05. The number of hydroxylamine groups is 2. The second-order valence-corrected chi connectivity index (χ2v) is 6.53. The third kappa shape index (κ3) is 3.59. The second-order valence-electron chi connectivity index (χ2n) is 6.53. The van der Waals surface area contributed by atoms with Gasteiger partial charge in [-0.2, -0.15) is 0 Å². The lowest BCUT2D eigenvalue weighted by atomic mass is 9.79. The minimum absolute atomic E-state index is 0.0197. The quantitative estimate of drug-likeness (QED) is 0.595. The minimum atomic E-state index is -0.186. The SMILES string of the molecule is COc1ccc(CON2CC(C(c3ccccc3)c3ccco3)C2=O)cc1. The van der Waals surface area contributed by atoms with Gasteiger partial charge in [-0.3, -0.25) is 9.63 Å². The Kier molecular flexibility index (Phi) is 4.94. The molecule has 1 aliphatic heterocycles. The van der Waals surface area contributed by atoms with Gasteiger partial charge in [0.15, 0.2) is 0 Å². The highest BCUT2D eigenvalue weighted by molar-refractivity contribution is 5.85. The van der Waals surface area contributed by atoms with E-state index in [4.69, 9.17) is 14.0 Å². The van der Waals surface area contributed by atoms with E-state index in [1.54, 1.807) is 13.4 Å². The lowest BCUT2D eigenvalue weighted by Crippen LogP contribution is -2.54. The van der Waals surface area contributed by atoms with Crippen molar-refractivity contribution in [1.29, 1.82) is 0 Å². The molecule has 0 saturated carbocycles. The van der Waals surface area contributed by atoms with Gasteiger partial charge in [0.25, 0.3) is 5.91 Å². The second kappa shape index (κ2) is 7.68. The molecular formula is C22H21NO4. The van der Waals surface area contributed by atoms with E-state index in [1.165, 1.54) is 5.06 Å². The van der Waals surface area contributed by atoms with E-state index < -0.39 is 0 Å². The van der Waals surface area contributed by atoms with Crippen molar-refractivity contribution in [2.24, 2.45) is 5.92 Å². The Labute approximate surface area is 158 Å². The maximum absolute atomic E-state index is 12.7. The molecule has 2 unspecified atom stereocenters. The first-order valence-electron chi connectivity index (χ1n) is 8.92. The van der Waals surface area contributed by atoms with Crippen molar-refractivity contribution >= 4 is 5.91 Å². The first-order valence-corrected chi connectivity index (χ1v) is 8.92. The summed E-state index contributed by atoms with van der Waals surface area (Å²) < 4.78 is 10.8. The van der Waals surface area contributed by atoms with Crippen LogP contribution in [-0.4, -0.2) is 24.6 Å². The molecule has 1 aromatic heterocycles. The summed E-state index contributed by atoms with van der Waals surface area (Å²) in [7, 11) is 1.63. The smallest absolute Gasteiger partial charge is 0.252 e. The monoisotopic (exact) mass is 363 g/mol. The molecule has 5 nitrogen and oxygen atoms in total. The van der Waals surface area contributed by atoms with Crippen molar-refractivity contribution in [2.75, 3.05) is 13.7 Å². The molecule has 0 N–H and O–H groups in total. The zero-order valence-electron chi connectivity index (χ0n) is 15.1. The van der Waals surface area contributed by atoms with Crippen molar-refractivity contribution in [3.8, 4) is 5.75 Å². The van der Waals surface area contributed by atoms with Gasteiger partial charge in [-0.05, 0) is 35.4 Å².